The van der Waals surface area contributed by atoms with Gasteiger partial charge in [-0.25, -0.2) is 8.78 Å². The van der Waals surface area contributed by atoms with Crippen LogP contribution in [0, 0.1) is 17.6 Å². The van der Waals surface area contributed by atoms with Gasteiger partial charge in [-0.3, -0.25) is 0 Å². The van der Waals surface area contributed by atoms with E-state index in [1.165, 1.54) is 12.1 Å². The molecule has 0 radical (unpaired) electrons. The number of carboxylic acid groups (broad SMARTS) is 1. The second-order valence-electron chi connectivity index (χ2n) is 3.97. The Kier molecular flexibility index (Phi) is 4.55. The topological polar surface area (TPSA) is 43.4 Å². The van der Waals surface area contributed by atoms with E-state index >= 15 is 0 Å². The van der Waals surface area contributed by atoms with Crippen molar-refractivity contribution in [2.45, 2.75) is 6.42 Å². The number of hydrogen-bond donors (Lipinski definition) is 0. The van der Waals surface area contributed by atoms with Gasteiger partial charge in [0.15, 0.2) is 0 Å². The molecule has 0 unspecified atom stereocenters. The van der Waals surface area contributed by atoms with Crippen molar-refractivity contribution in [2.75, 3.05) is 18.0 Å². The zero-order valence-electron chi connectivity index (χ0n) is 9.45. The summed E-state index contributed by atoms with van der Waals surface area (Å²) >= 11 is 0. The van der Waals surface area contributed by atoms with Crippen LogP contribution >= 0.6 is 0 Å². The Morgan fingerprint density at radius 2 is 1.82 bits per heavy atom. The van der Waals surface area contributed by atoms with Gasteiger partial charge in [0.25, 0.3) is 0 Å². The summed E-state index contributed by atoms with van der Waals surface area (Å²) in [5.41, 5.74) is 0.451. The first-order valence-corrected chi connectivity index (χ1v) is 4.95. The Morgan fingerprint density at radius 1 is 1.29 bits per heavy atom. The first-order valence-electron chi connectivity index (χ1n) is 4.95. The predicted molar refractivity (Wildman–Crippen MR) is 51.7 cm³/mol. The van der Waals surface area contributed by atoms with Crippen molar-refractivity contribution in [3.8, 4) is 0 Å². The molecule has 1 aromatic carbocycles. The van der Waals surface area contributed by atoms with E-state index in [2.05, 4.69) is 0 Å². The number of nitrogens with zero attached hydrogens (tertiary/aromatic N) is 1. The number of halogens is 2. The fourth-order valence-corrected chi connectivity index (χ4v) is 1.87. The molecular formula is C11H10F2LiNO2. The molecule has 0 bridgehead atoms. The van der Waals surface area contributed by atoms with E-state index in [1.807, 2.05) is 0 Å². The fourth-order valence-electron chi connectivity index (χ4n) is 1.87. The van der Waals surface area contributed by atoms with Crippen LogP contribution in [0.15, 0.2) is 18.2 Å². The van der Waals surface area contributed by atoms with E-state index in [0.29, 0.717) is 18.8 Å². The summed E-state index contributed by atoms with van der Waals surface area (Å²) in [6.45, 7) is 0.994. The molecule has 0 N–H and O–H groups in total. The largest absolute Gasteiger partial charge is 1.00 e. The minimum atomic E-state index is -1.09. The Balaban J connectivity index is 0.00000144. The predicted octanol–water partition coefficient (Wildman–Crippen LogP) is -2.45. The summed E-state index contributed by atoms with van der Waals surface area (Å²) in [4.78, 5) is 12.0. The van der Waals surface area contributed by atoms with Gasteiger partial charge in [0.05, 0.1) is 0 Å². The normalized spacial score (nSPS) is 15.1. The van der Waals surface area contributed by atoms with Crippen molar-refractivity contribution in [3.63, 3.8) is 0 Å². The Labute approximate surface area is 110 Å². The molecule has 3 nitrogen and oxygen atoms in total. The molecule has 6 heteroatoms. The van der Waals surface area contributed by atoms with Gasteiger partial charge in [0, 0.05) is 30.8 Å². The molecule has 0 aromatic heterocycles. The van der Waals surface area contributed by atoms with E-state index in [1.54, 1.807) is 4.90 Å². The zero-order chi connectivity index (χ0) is 11.7. The molecular weight excluding hydrogens is 223 g/mol. The van der Waals surface area contributed by atoms with Crippen molar-refractivity contribution >= 4 is 11.7 Å². The van der Waals surface area contributed by atoms with Crippen LogP contribution in [-0.2, 0) is 4.79 Å². The molecule has 1 saturated heterocycles. The second-order valence-corrected chi connectivity index (χ2v) is 3.97. The van der Waals surface area contributed by atoms with Gasteiger partial charge in [-0.2, -0.15) is 0 Å². The average Bonchev–Trinajstić information content (AvgIpc) is 2.08. The molecule has 0 saturated carbocycles. The summed E-state index contributed by atoms with van der Waals surface area (Å²) in [5, 5.41) is 10.3. The van der Waals surface area contributed by atoms with Crippen LogP contribution in [0.5, 0.6) is 0 Å². The van der Waals surface area contributed by atoms with E-state index in [9.17, 15) is 18.7 Å². The van der Waals surface area contributed by atoms with Gasteiger partial charge in [0.2, 0.25) is 0 Å². The van der Waals surface area contributed by atoms with Gasteiger partial charge < -0.3 is 14.8 Å². The van der Waals surface area contributed by atoms with Crippen LogP contribution in [0.25, 0.3) is 0 Å². The number of carbonyl (C=O) groups excluding carboxylic acids is 1. The summed E-state index contributed by atoms with van der Waals surface area (Å²) in [6, 6.07) is 3.28. The molecule has 1 fully saturated rings. The van der Waals surface area contributed by atoms with Crippen LogP contribution in [0.1, 0.15) is 6.42 Å². The van der Waals surface area contributed by atoms with Crippen molar-refractivity contribution in [2.24, 2.45) is 5.92 Å². The molecule has 0 atom stereocenters. The fraction of sp³-hybridized carbons (Fsp3) is 0.364. The number of hydrogen-bond acceptors (Lipinski definition) is 3. The number of carboxylic acids is 1. The minimum absolute atomic E-state index is 0. The van der Waals surface area contributed by atoms with E-state index < -0.39 is 17.6 Å². The van der Waals surface area contributed by atoms with Crippen LogP contribution in [-0.4, -0.2) is 19.1 Å². The Hall–Kier alpha value is -1.05. The maximum Gasteiger partial charge on any atom is 1.00 e. The number of aliphatic carboxylic acids is 1. The van der Waals surface area contributed by atoms with Crippen LogP contribution in [0.4, 0.5) is 14.5 Å². The molecule has 1 aromatic rings. The second kappa shape index (κ2) is 5.52. The van der Waals surface area contributed by atoms with Gasteiger partial charge in [-0.15, -0.1) is 0 Å². The van der Waals surface area contributed by atoms with Crippen LogP contribution in [0.3, 0.4) is 0 Å². The molecule has 0 aliphatic carbocycles. The van der Waals surface area contributed by atoms with Crippen molar-refractivity contribution < 1.29 is 37.5 Å². The molecule has 1 heterocycles. The van der Waals surface area contributed by atoms with E-state index in [-0.39, 0.29) is 31.2 Å². The van der Waals surface area contributed by atoms with Crippen LogP contribution in [0.2, 0.25) is 0 Å². The molecule has 86 valence electrons. The molecule has 17 heavy (non-hydrogen) atoms. The number of benzene rings is 1. The van der Waals surface area contributed by atoms with Crippen molar-refractivity contribution in [3.05, 3.63) is 29.8 Å². The van der Waals surface area contributed by atoms with Gasteiger partial charge >= 0.3 is 18.9 Å². The maximum absolute atomic E-state index is 12.9. The smallest absolute Gasteiger partial charge is 0.550 e. The quantitative estimate of drug-likeness (QED) is 0.544. The third-order valence-electron chi connectivity index (χ3n) is 2.62. The van der Waals surface area contributed by atoms with Crippen LogP contribution < -0.4 is 28.9 Å². The zero-order valence-corrected chi connectivity index (χ0v) is 9.45. The van der Waals surface area contributed by atoms with Crippen molar-refractivity contribution in [1.29, 1.82) is 0 Å². The van der Waals surface area contributed by atoms with E-state index in [0.717, 1.165) is 6.07 Å². The van der Waals surface area contributed by atoms with Gasteiger partial charge in [-0.05, 0) is 24.5 Å². The number of rotatable bonds is 3. The summed E-state index contributed by atoms with van der Waals surface area (Å²) in [6.07, 6.45) is -0.00566. The van der Waals surface area contributed by atoms with E-state index in [4.69, 9.17) is 0 Å². The SMILES string of the molecule is O=C([O-])CC1CN(c2cc(F)cc(F)c2)C1.[Li+]. The molecule has 2 rings (SSSR count). The van der Waals surface area contributed by atoms with Crippen molar-refractivity contribution in [1.82, 2.24) is 0 Å². The monoisotopic (exact) mass is 233 g/mol. The molecule has 1 aliphatic rings. The maximum atomic E-state index is 12.9. The standard InChI is InChI=1S/C11H11F2NO2.Li/c12-8-2-9(13)4-10(3-8)14-5-7(6-14)1-11(15)16;/h2-4,7H,1,5-6H2,(H,15,16);/q;+1/p-1. The Bertz CT molecular complexity index is 402. The third-order valence-corrected chi connectivity index (χ3v) is 2.62. The summed E-state index contributed by atoms with van der Waals surface area (Å²) in [7, 11) is 0. The van der Waals surface area contributed by atoms with Gasteiger partial charge in [-0.1, -0.05) is 0 Å². The number of carbonyl (C=O) groups is 1. The first-order chi connectivity index (χ1) is 7.54. The van der Waals surface area contributed by atoms with Gasteiger partial charge in [0.1, 0.15) is 11.6 Å². The third kappa shape index (κ3) is 3.45. The molecule has 0 spiro atoms. The minimum Gasteiger partial charge on any atom is -0.550 e. The average molecular weight is 233 g/mol. The summed E-state index contributed by atoms with van der Waals surface area (Å²) < 4.78 is 25.8. The summed E-state index contributed by atoms with van der Waals surface area (Å²) in [5.74, 6) is -2.33. The first kappa shape index (κ1) is 14.0. The molecule has 1 aliphatic heterocycles. The number of anilines is 1. The molecule has 0 amide bonds. The Morgan fingerprint density at radius 3 is 2.29 bits per heavy atom.